The zero-order chi connectivity index (χ0) is 21.3. The van der Waals surface area contributed by atoms with Crippen LogP contribution in [-0.4, -0.2) is 23.6 Å². The molecule has 3 heterocycles. The predicted octanol–water partition coefficient (Wildman–Crippen LogP) is 2.53. The lowest BCUT2D eigenvalue weighted by Gasteiger charge is -2.30. The van der Waals surface area contributed by atoms with Crippen LogP contribution < -0.4 is 9.80 Å². The molecule has 152 valence electrons. The molecule has 0 aliphatic carbocycles. The Balaban J connectivity index is 1.49. The van der Waals surface area contributed by atoms with Crippen molar-refractivity contribution >= 4 is 40.1 Å². The molecule has 31 heavy (non-hydrogen) atoms. The van der Waals surface area contributed by atoms with Crippen LogP contribution in [0.25, 0.3) is 16.8 Å². The molecule has 3 aliphatic heterocycles. The van der Waals surface area contributed by atoms with Crippen molar-refractivity contribution in [3.63, 3.8) is 0 Å². The van der Waals surface area contributed by atoms with Crippen molar-refractivity contribution in [2.24, 2.45) is 11.8 Å². The van der Waals surface area contributed by atoms with Gasteiger partial charge in [-0.3, -0.25) is 19.3 Å². The number of ketones is 1. The largest absolute Gasteiger partial charge is 0.293 e. The van der Waals surface area contributed by atoms with Crippen molar-refractivity contribution in [3.05, 3.63) is 84.1 Å². The maximum absolute atomic E-state index is 13.7. The van der Waals surface area contributed by atoms with Crippen LogP contribution in [0.1, 0.15) is 24.1 Å². The van der Waals surface area contributed by atoms with Crippen LogP contribution in [0.2, 0.25) is 0 Å². The number of nitrogens with zero attached hydrogens (tertiary/aromatic N) is 1. The highest BCUT2D eigenvalue weighted by Gasteiger charge is 2.67. The molecule has 1 unspecified atom stereocenters. The fourth-order valence-corrected chi connectivity index (χ4v) is 5.79. The molecule has 5 heteroatoms. The van der Waals surface area contributed by atoms with Gasteiger partial charge >= 0.3 is 0 Å². The Bertz CT molecular complexity index is 1310. The number of carbonyl (C=O) groups excluding carboxylic acids is 3. The van der Waals surface area contributed by atoms with Crippen LogP contribution in [0.4, 0.5) is 5.69 Å². The average Bonchev–Trinajstić information content (AvgIpc) is 3.26. The summed E-state index contributed by atoms with van der Waals surface area (Å²) in [7, 11) is 0. The van der Waals surface area contributed by atoms with E-state index in [1.807, 2.05) is 79.0 Å². The van der Waals surface area contributed by atoms with Gasteiger partial charge in [-0.2, -0.15) is 0 Å². The van der Waals surface area contributed by atoms with E-state index in [1.165, 1.54) is 11.8 Å². The van der Waals surface area contributed by atoms with Gasteiger partial charge in [-0.25, -0.2) is 4.90 Å². The number of benzene rings is 3. The molecular weight excluding hydrogens is 388 g/mol. The molecule has 0 bridgehead atoms. The fourth-order valence-electron chi connectivity index (χ4n) is 5.79. The Morgan fingerprint density at radius 2 is 1.58 bits per heavy atom. The molecule has 6 rings (SSSR count). The molecule has 3 aromatic carbocycles. The second-order valence-electron chi connectivity index (χ2n) is 8.62. The molecule has 0 radical (unpaired) electrons. The van der Waals surface area contributed by atoms with E-state index in [9.17, 15) is 14.4 Å². The predicted molar refractivity (Wildman–Crippen MR) is 117 cm³/mol. The lowest BCUT2D eigenvalue weighted by atomic mass is 9.84. The monoisotopic (exact) mass is 409 g/mol. The Morgan fingerprint density at radius 3 is 2.39 bits per heavy atom. The summed E-state index contributed by atoms with van der Waals surface area (Å²) in [6, 6.07) is 20.7. The molecule has 0 aromatic heterocycles. The highest BCUT2D eigenvalue weighted by atomic mass is 16.2. The first-order chi connectivity index (χ1) is 15.1. The number of hydrogen-bond donors (Lipinski definition) is 1. The number of quaternary nitrogens is 1. The summed E-state index contributed by atoms with van der Waals surface area (Å²) in [6.07, 6.45) is 3.95. The first-order valence-corrected chi connectivity index (χ1v) is 10.6. The number of nitrogens with one attached hydrogen (secondary N) is 1. The molecule has 1 N–H and O–H groups in total. The molecule has 5 nitrogen and oxygen atoms in total. The molecule has 2 saturated heterocycles. The SMILES string of the molecule is CC(=O)[C@@H]1[C@@H]2C(=O)N(c3ccc4ccccc4c3)C(=O)[C@@H]2[C@H]2c3ccccc3C=C[NH+]12. The smallest absolute Gasteiger partial charge is 0.244 e. The number of hydrogen-bond acceptors (Lipinski definition) is 3. The van der Waals surface area contributed by atoms with Crippen LogP contribution in [0.15, 0.2) is 72.9 Å². The number of amides is 2. The summed E-state index contributed by atoms with van der Waals surface area (Å²) in [4.78, 5) is 42.3. The second-order valence-corrected chi connectivity index (χ2v) is 8.62. The first-order valence-electron chi connectivity index (χ1n) is 10.6. The number of rotatable bonds is 2. The zero-order valence-electron chi connectivity index (χ0n) is 17.0. The van der Waals surface area contributed by atoms with E-state index < -0.39 is 17.9 Å². The van der Waals surface area contributed by atoms with Crippen molar-refractivity contribution in [1.82, 2.24) is 0 Å². The van der Waals surface area contributed by atoms with Crippen molar-refractivity contribution < 1.29 is 19.3 Å². The Hall–Kier alpha value is -3.57. The quantitative estimate of drug-likeness (QED) is 0.662. The van der Waals surface area contributed by atoms with E-state index in [0.717, 1.165) is 26.8 Å². The highest BCUT2D eigenvalue weighted by molar-refractivity contribution is 6.24. The third-order valence-electron chi connectivity index (χ3n) is 7.05. The summed E-state index contributed by atoms with van der Waals surface area (Å²) in [6.45, 7) is 1.53. The second kappa shape index (κ2) is 6.46. The molecule has 0 saturated carbocycles. The average molecular weight is 409 g/mol. The molecule has 2 amide bonds. The lowest BCUT2D eigenvalue weighted by molar-refractivity contribution is -0.884. The van der Waals surface area contributed by atoms with Gasteiger partial charge in [0, 0.05) is 12.5 Å². The third kappa shape index (κ3) is 2.44. The van der Waals surface area contributed by atoms with E-state index >= 15 is 0 Å². The summed E-state index contributed by atoms with van der Waals surface area (Å²) in [5.41, 5.74) is 2.65. The zero-order valence-corrected chi connectivity index (χ0v) is 17.0. The number of Topliss-reactive ketones (excluding diaryl/α,β-unsaturated/α-hetero) is 1. The molecule has 3 aromatic rings. The minimum Gasteiger partial charge on any atom is -0.293 e. The maximum atomic E-state index is 13.7. The summed E-state index contributed by atoms with van der Waals surface area (Å²) >= 11 is 0. The maximum Gasteiger partial charge on any atom is 0.244 e. The van der Waals surface area contributed by atoms with Gasteiger partial charge in [-0.05, 0) is 34.5 Å². The molecule has 3 aliphatic rings. The third-order valence-corrected chi connectivity index (χ3v) is 7.05. The van der Waals surface area contributed by atoms with E-state index in [0.29, 0.717) is 5.69 Å². The first kappa shape index (κ1) is 18.2. The van der Waals surface area contributed by atoms with E-state index in [4.69, 9.17) is 0 Å². The number of imide groups is 1. The van der Waals surface area contributed by atoms with Crippen LogP contribution in [0.5, 0.6) is 0 Å². The Kier molecular flexibility index (Phi) is 3.80. The minimum absolute atomic E-state index is 0.0574. The molecule has 2 fully saturated rings. The molecule has 5 atom stereocenters. The van der Waals surface area contributed by atoms with Crippen LogP contribution in [0, 0.1) is 11.8 Å². The Morgan fingerprint density at radius 1 is 0.871 bits per heavy atom. The molecule has 0 spiro atoms. The minimum atomic E-state index is -0.646. The number of fused-ring (bicyclic) bond motifs is 6. The number of carbonyl (C=O) groups is 3. The fraction of sp³-hybridized carbons (Fsp3) is 0.192. The van der Waals surface area contributed by atoms with E-state index in [2.05, 4.69) is 0 Å². The van der Waals surface area contributed by atoms with Crippen LogP contribution in [0.3, 0.4) is 0 Å². The molecular formula is C26H21N2O3+. The van der Waals surface area contributed by atoms with Gasteiger partial charge in [-0.15, -0.1) is 0 Å². The van der Waals surface area contributed by atoms with Gasteiger partial charge < -0.3 is 0 Å². The van der Waals surface area contributed by atoms with Crippen LogP contribution >= 0.6 is 0 Å². The lowest BCUT2D eigenvalue weighted by Crippen LogP contribution is -3.12. The van der Waals surface area contributed by atoms with Gasteiger partial charge in [0.25, 0.3) is 0 Å². The summed E-state index contributed by atoms with van der Waals surface area (Å²) in [5, 5.41) is 2.02. The van der Waals surface area contributed by atoms with Gasteiger partial charge in [0.05, 0.1) is 11.9 Å². The number of anilines is 1. The van der Waals surface area contributed by atoms with Crippen molar-refractivity contribution in [2.45, 2.75) is 19.0 Å². The summed E-state index contributed by atoms with van der Waals surface area (Å²) < 4.78 is 0. The van der Waals surface area contributed by atoms with Crippen molar-refractivity contribution in [2.75, 3.05) is 4.90 Å². The Labute approximate surface area is 179 Å². The van der Waals surface area contributed by atoms with Gasteiger partial charge in [0.1, 0.15) is 17.9 Å². The van der Waals surface area contributed by atoms with Crippen molar-refractivity contribution in [3.8, 4) is 0 Å². The van der Waals surface area contributed by atoms with E-state index in [1.54, 1.807) is 0 Å². The van der Waals surface area contributed by atoms with Crippen molar-refractivity contribution in [1.29, 1.82) is 0 Å². The topological polar surface area (TPSA) is 58.9 Å². The van der Waals surface area contributed by atoms with Gasteiger partial charge in [-0.1, -0.05) is 54.6 Å². The van der Waals surface area contributed by atoms with Gasteiger partial charge in [0.15, 0.2) is 11.8 Å². The summed E-state index contributed by atoms with van der Waals surface area (Å²) in [5.74, 6) is -1.72. The van der Waals surface area contributed by atoms with E-state index in [-0.39, 0.29) is 23.6 Å². The normalized spacial score (nSPS) is 28.5. The standard InChI is InChI=1S/C26H20N2O3/c1-15(29)23-21-22(24-20-9-5-4-7-17(20)12-13-27(23)24)26(31)28(25(21)30)19-11-10-16-6-2-3-8-18(16)14-19/h2-14,21-24H,1H3/p+1/t21-,22+,23-,24-/m1/s1. The van der Waals surface area contributed by atoms with Gasteiger partial charge in [0.2, 0.25) is 11.8 Å². The van der Waals surface area contributed by atoms with Crippen LogP contribution in [-0.2, 0) is 14.4 Å². The highest BCUT2D eigenvalue weighted by Crippen LogP contribution is 2.45.